The predicted molar refractivity (Wildman–Crippen MR) is 105 cm³/mol. The van der Waals surface area contributed by atoms with E-state index >= 15 is 0 Å². The minimum Gasteiger partial charge on any atom is -0.495 e. The summed E-state index contributed by atoms with van der Waals surface area (Å²) in [5.41, 5.74) is 0.882. The van der Waals surface area contributed by atoms with Crippen LogP contribution in [0.1, 0.15) is 11.5 Å². The molecule has 0 aliphatic rings. The van der Waals surface area contributed by atoms with E-state index in [1.165, 1.54) is 19.4 Å². The smallest absolute Gasteiger partial charge is 0.265 e. The van der Waals surface area contributed by atoms with Gasteiger partial charge in [-0.1, -0.05) is 23.4 Å². The number of furan rings is 1. The molecule has 0 aliphatic carbocycles. The summed E-state index contributed by atoms with van der Waals surface area (Å²) in [5, 5.41) is 3.86. The van der Waals surface area contributed by atoms with E-state index in [4.69, 9.17) is 13.7 Å². The lowest BCUT2D eigenvalue weighted by Gasteiger charge is -2.14. The van der Waals surface area contributed by atoms with Crippen molar-refractivity contribution < 1.29 is 26.5 Å². The summed E-state index contributed by atoms with van der Waals surface area (Å²) >= 11 is 0. The number of halogens is 1. The van der Waals surface area contributed by atoms with E-state index in [-0.39, 0.29) is 28.8 Å². The van der Waals surface area contributed by atoms with Crippen molar-refractivity contribution in [1.29, 1.82) is 0 Å². The first-order valence-corrected chi connectivity index (χ1v) is 10.3. The van der Waals surface area contributed by atoms with Gasteiger partial charge in [-0.25, -0.2) is 12.8 Å². The number of nitrogens with one attached hydrogen (secondary N) is 1. The van der Waals surface area contributed by atoms with E-state index in [2.05, 4.69) is 14.9 Å². The van der Waals surface area contributed by atoms with Gasteiger partial charge in [0, 0.05) is 0 Å². The van der Waals surface area contributed by atoms with Crippen molar-refractivity contribution in [2.45, 2.75) is 11.3 Å². The molecule has 0 fully saturated rings. The fourth-order valence-electron chi connectivity index (χ4n) is 2.83. The molecule has 154 valence electrons. The molecule has 0 saturated heterocycles. The highest BCUT2D eigenvalue weighted by atomic mass is 32.2. The summed E-state index contributed by atoms with van der Waals surface area (Å²) in [7, 11) is -2.81. The lowest BCUT2D eigenvalue weighted by atomic mass is 10.1. The summed E-state index contributed by atoms with van der Waals surface area (Å²) < 4.78 is 57.4. The third-order valence-corrected chi connectivity index (χ3v) is 5.61. The number of ether oxygens (including phenoxy) is 1. The number of hydrogen-bond acceptors (Lipinski definition) is 7. The lowest BCUT2D eigenvalue weighted by molar-refractivity contribution is 0.384. The van der Waals surface area contributed by atoms with Crippen LogP contribution in [0.2, 0.25) is 0 Å². The van der Waals surface area contributed by atoms with E-state index < -0.39 is 15.8 Å². The predicted octanol–water partition coefficient (Wildman–Crippen LogP) is 3.87. The molecule has 4 rings (SSSR count). The van der Waals surface area contributed by atoms with Crippen molar-refractivity contribution in [3.05, 3.63) is 78.1 Å². The van der Waals surface area contributed by atoms with Crippen LogP contribution in [0.5, 0.6) is 5.75 Å². The number of rotatable bonds is 7. The summed E-state index contributed by atoms with van der Waals surface area (Å²) in [4.78, 5) is 3.96. The van der Waals surface area contributed by atoms with Crippen LogP contribution >= 0.6 is 0 Å². The van der Waals surface area contributed by atoms with Gasteiger partial charge in [-0.05, 0) is 42.0 Å². The van der Waals surface area contributed by atoms with E-state index in [1.807, 2.05) is 0 Å². The summed E-state index contributed by atoms with van der Waals surface area (Å²) in [6.07, 6.45) is 1.67. The van der Waals surface area contributed by atoms with Crippen molar-refractivity contribution in [1.82, 2.24) is 10.1 Å². The molecule has 30 heavy (non-hydrogen) atoms. The van der Waals surface area contributed by atoms with Gasteiger partial charge in [0.15, 0.2) is 5.76 Å². The van der Waals surface area contributed by atoms with Gasteiger partial charge < -0.3 is 13.7 Å². The third kappa shape index (κ3) is 4.03. The molecule has 1 N–H and O–H groups in total. The van der Waals surface area contributed by atoms with Gasteiger partial charge in [0.1, 0.15) is 16.5 Å². The molecule has 2 heterocycles. The number of para-hydroxylation sites is 1. The quantitative estimate of drug-likeness (QED) is 0.475. The Morgan fingerprint density at radius 1 is 1.13 bits per heavy atom. The third-order valence-electron chi connectivity index (χ3n) is 4.23. The SMILES string of the molecule is COc1ccc(F)cc1S(=O)(=O)Nc1ccccc1Cc1nc(-c2ccco2)no1. The topological polar surface area (TPSA) is 107 Å². The second-order valence-electron chi connectivity index (χ2n) is 6.22. The van der Waals surface area contributed by atoms with Gasteiger partial charge in [0.25, 0.3) is 10.0 Å². The number of benzene rings is 2. The van der Waals surface area contributed by atoms with Gasteiger partial charge in [-0.3, -0.25) is 4.72 Å². The summed E-state index contributed by atoms with van der Waals surface area (Å²) in [6.45, 7) is 0. The maximum atomic E-state index is 13.7. The van der Waals surface area contributed by atoms with E-state index in [0.717, 1.165) is 12.1 Å². The standard InChI is InChI=1S/C20H16FN3O5S/c1-27-16-9-8-14(21)12-18(16)30(25,26)24-15-6-3-2-5-13(15)11-19-22-20(23-29-19)17-7-4-10-28-17/h2-10,12,24H,11H2,1H3. The van der Waals surface area contributed by atoms with Gasteiger partial charge in [-0.15, -0.1) is 0 Å². The minimum absolute atomic E-state index is 0.0290. The number of hydrogen-bond donors (Lipinski definition) is 1. The monoisotopic (exact) mass is 429 g/mol. The number of aromatic nitrogens is 2. The van der Waals surface area contributed by atoms with Crippen LogP contribution in [0.15, 0.2) is 74.7 Å². The zero-order valence-corrected chi connectivity index (χ0v) is 16.5. The Morgan fingerprint density at radius 3 is 2.73 bits per heavy atom. The van der Waals surface area contributed by atoms with Gasteiger partial charge in [-0.2, -0.15) is 4.98 Å². The average Bonchev–Trinajstić information content (AvgIpc) is 3.41. The Balaban J connectivity index is 1.62. The van der Waals surface area contributed by atoms with Crippen LogP contribution in [0.4, 0.5) is 10.1 Å². The molecule has 0 atom stereocenters. The highest BCUT2D eigenvalue weighted by Crippen LogP contribution is 2.28. The lowest BCUT2D eigenvalue weighted by Crippen LogP contribution is -2.15. The number of sulfonamides is 1. The molecule has 0 radical (unpaired) electrons. The van der Waals surface area contributed by atoms with E-state index in [0.29, 0.717) is 17.0 Å². The van der Waals surface area contributed by atoms with E-state index in [1.54, 1.807) is 36.4 Å². The second-order valence-corrected chi connectivity index (χ2v) is 7.87. The molecule has 10 heteroatoms. The molecule has 4 aromatic rings. The summed E-state index contributed by atoms with van der Waals surface area (Å²) in [5.74, 6) is 0.355. The zero-order valence-electron chi connectivity index (χ0n) is 15.7. The van der Waals surface area contributed by atoms with Gasteiger partial charge >= 0.3 is 0 Å². The fourth-order valence-corrected chi connectivity index (χ4v) is 4.11. The zero-order chi connectivity index (χ0) is 21.1. The van der Waals surface area contributed by atoms with Crippen molar-refractivity contribution in [3.8, 4) is 17.3 Å². The molecule has 0 amide bonds. The molecule has 0 spiro atoms. The molecule has 0 aliphatic heterocycles. The van der Waals surface area contributed by atoms with Crippen LogP contribution in [0.25, 0.3) is 11.6 Å². The summed E-state index contributed by atoms with van der Waals surface area (Å²) in [6, 6.07) is 13.4. The van der Waals surface area contributed by atoms with Crippen LogP contribution in [0, 0.1) is 5.82 Å². The Labute approximate surface area is 171 Å². The van der Waals surface area contributed by atoms with Crippen LogP contribution < -0.4 is 9.46 Å². The first-order valence-electron chi connectivity index (χ1n) is 8.77. The van der Waals surface area contributed by atoms with Crippen molar-refractivity contribution in [2.24, 2.45) is 0 Å². The first kappa shape index (κ1) is 19.6. The van der Waals surface area contributed by atoms with Crippen LogP contribution in [-0.4, -0.2) is 25.7 Å². The van der Waals surface area contributed by atoms with Crippen LogP contribution in [-0.2, 0) is 16.4 Å². The highest BCUT2D eigenvalue weighted by Gasteiger charge is 2.22. The fraction of sp³-hybridized carbons (Fsp3) is 0.100. The maximum Gasteiger partial charge on any atom is 0.265 e. The Morgan fingerprint density at radius 2 is 1.97 bits per heavy atom. The van der Waals surface area contributed by atoms with Crippen molar-refractivity contribution >= 4 is 15.7 Å². The maximum absolute atomic E-state index is 13.7. The second kappa shape index (κ2) is 7.99. The highest BCUT2D eigenvalue weighted by molar-refractivity contribution is 7.92. The molecule has 2 aromatic heterocycles. The number of methoxy groups -OCH3 is 1. The minimum atomic E-state index is -4.12. The number of anilines is 1. The van der Waals surface area contributed by atoms with Crippen molar-refractivity contribution in [3.63, 3.8) is 0 Å². The molecule has 0 unspecified atom stereocenters. The first-order chi connectivity index (χ1) is 14.5. The molecule has 8 nitrogen and oxygen atoms in total. The number of nitrogens with zero attached hydrogens (tertiary/aromatic N) is 2. The molecule has 0 bridgehead atoms. The molecular formula is C20H16FN3O5S. The van der Waals surface area contributed by atoms with E-state index in [9.17, 15) is 12.8 Å². The Hall–Kier alpha value is -3.66. The largest absolute Gasteiger partial charge is 0.495 e. The van der Waals surface area contributed by atoms with Gasteiger partial charge in [0.2, 0.25) is 11.7 Å². The Bertz CT molecular complexity index is 1270. The molecular weight excluding hydrogens is 413 g/mol. The molecule has 0 saturated carbocycles. The molecule has 2 aromatic carbocycles. The Kier molecular flexibility index (Phi) is 5.23. The van der Waals surface area contributed by atoms with Gasteiger partial charge in [0.05, 0.1) is 25.5 Å². The normalized spacial score (nSPS) is 11.4. The van der Waals surface area contributed by atoms with Crippen molar-refractivity contribution in [2.75, 3.05) is 11.8 Å². The average molecular weight is 429 g/mol. The van der Waals surface area contributed by atoms with Crippen LogP contribution in [0.3, 0.4) is 0 Å².